The van der Waals surface area contributed by atoms with Crippen LogP contribution in [0.25, 0.3) is 0 Å². The van der Waals surface area contributed by atoms with Gasteiger partial charge in [0.2, 0.25) is 5.91 Å². The van der Waals surface area contributed by atoms with E-state index < -0.39 is 23.7 Å². The number of fused-ring (bicyclic) bond motifs is 1. The Bertz CT molecular complexity index is 977. The normalized spacial score (nSPS) is 14.0. The van der Waals surface area contributed by atoms with Gasteiger partial charge in [-0.05, 0) is 51.2 Å². The third kappa shape index (κ3) is 5.97. The molecule has 0 radical (unpaired) electrons. The second kappa shape index (κ2) is 9.99. The fourth-order valence-corrected chi connectivity index (χ4v) is 5.29. The molecule has 0 spiro atoms. The standard InChI is InChI=1S/C20H22F3N3O3S2/c1-3-29-18(28)16-12-7-5-4-6-8-13(12)31-17(16)26-15(27)10-30-19-24-11(2)9-14(25-19)20(21,22)23/h9H,3-8,10H2,1-2H3,(H,26,27). The molecule has 0 aromatic carbocycles. The van der Waals surface area contributed by atoms with Gasteiger partial charge in [-0.1, -0.05) is 18.2 Å². The molecule has 0 aliphatic heterocycles. The Morgan fingerprint density at radius 1 is 1.23 bits per heavy atom. The number of alkyl halides is 3. The predicted octanol–water partition coefficient (Wildman–Crippen LogP) is 5.04. The summed E-state index contributed by atoms with van der Waals surface area (Å²) in [6, 6.07) is 0.856. The van der Waals surface area contributed by atoms with Crippen molar-refractivity contribution in [3.8, 4) is 0 Å². The van der Waals surface area contributed by atoms with Crippen molar-refractivity contribution in [2.24, 2.45) is 0 Å². The zero-order valence-electron chi connectivity index (χ0n) is 17.1. The van der Waals surface area contributed by atoms with Gasteiger partial charge in [0, 0.05) is 10.6 Å². The molecule has 168 valence electrons. The van der Waals surface area contributed by atoms with Crippen LogP contribution in [0.15, 0.2) is 11.2 Å². The maximum absolute atomic E-state index is 12.9. The van der Waals surface area contributed by atoms with Gasteiger partial charge in [0.15, 0.2) is 5.16 Å². The SMILES string of the molecule is CCOC(=O)c1c(NC(=O)CSc2nc(C)cc(C(F)(F)F)n2)sc2c1CCCCC2. The molecule has 0 saturated heterocycles. The molecule has 1 aliphatic rings. The minimum atomic E-state index is -4.59. The molecule has 3 rings (SSSR count). The number of hydrogen-bond donors (Lipinski definition) is 1. The van der Waals surface area contributed by atoms with E-state index in [1.807, 2.05) is 0 Å². The summed E-state index contributed by atoms with van der Waals surface area (Å²) in [5.41, 5.74) is 0.445. The average Bonchev–Trinajstić information content (AvgIpc) is 2.86. The van der Waals surface area contributed by atoms with Crippen LogP contribution in [0, 0.1) is 6.92 Å². The molecular weight excluding hydrogens is 451 g/mol. The summed E-state index contributed by atoms with van der Waals surface area (Å²) in [6.07, 6.45) is 0.0696. The lowest BCUT2D eigenvalue weighted by atomic mass is 10.1. The summed E-state index contributed by atoms with van der Waals surface area (Å²) in [7, 11) is 0. The molecule has 2 aromatic rings. The summed E-state index contributed by atoms with van der Waals surface area (Å²) in [6.45, 7) is 3.37. The second-order valence-electron chi connectivity index (χ2n) is 7.00. The molecular formula is C20H22F3N3O3S2. The Morgan fingerprint density at radius 2 is 1.97 bits per heavy atom. The molecule has 1 N–H and O–H groups in total. The van der Waals surface area contributed by atoms with Crippen LogP contribution in [-0.4, -0.2) is 34.2 Å². The molecule has 2 heterocycles. The first-order valence-corrected chi connectivity index (χ1v) is 11.7. The van der Waals surface area contributed by atoms with Gasteiger partial charge in [0.05, 0.1) is 17.9 Å². The number of halogens is 3. The maximum Gasteiger partial charge on any atom is 0.433 e. The summed E-state index contributed by atoms with van der Waals surface area (Å²) >= 11 is 2.17. The third-order valence-electron chi connectivity index (χ3n) is 4.61. The number of aromatic nitrogens is 2. The van der Waals surface area contributed by atoms with Crippen molar-refractivity contribution in [3.63, 3.8) is 0 Å². The Hall–Kier alpha value is -2.14. The number of carbonyl (C=O) groups is 2. The van der Waals surface area contributed by atoms with E-state index >= 15 is 0 Å². The molecule has 0 saturated carbocycles. The summed E-state index contributed by atoms with van der Waals surface area (Å²) < 4.78 is 44.0. The first-order valence-electron chi connectivity index (χ1n) is 9.86. The molecule has 6 nitrogen and oxygen atoms in total. The molecule has 1 aliphatic carbocycles. The molecule has 1 amide bonds. The first-order chi connectivity index (χ1) is 14.7. The van der Waals surface area contributed by atoms with Gasteiger partial charge in [-0.15, -0.1) is 11.3 Å². The van der Waals surface area contributed by atoms with Crippen LogP contribution in [-0.2, 0) is 28.5 Å². The van der Waals surface area contributed by atoms with E-state index in [1.165, 1.54) is 18.3 Å². The van der Waals surface area contributed by atoms with Gasteiger partial charge >= 0.3 is 12.1 Å². The molecule has 0 bridgehead atoms. The van der Waals surface area contributed by atoms with Gasteiger partial charge in [0.25, 0.3) is 0 Å². The van der Waals surface area contributed by atoms with E-state index in [-0.39, 0.29) is 23.2 Å². The topological polar surface area (TPSA) is 81.2 Å². The van der Waals surface area contributed by atoms with Crippen molar-refractivity contribution in [2.45, 2.75) is 57.3 Å². The zero-order chi connectivity index (χ0) is 22.6. The molecule has 0 unspecified atom stereocenters. The lowest BCUT2D eigenvalue weighted by Crippen LogP contribution is -2.17. The molecule has 0 atom stereocenters. The van der Waals surface area contributed by atoms with Gasteiger partial charge in [-0.2, -0.15) is 13.2 Å². The van der Waals surface area contributed by atoms with Crippen LogP contribution >= 0.6 is 23.1 Å². The lowest BCUT2D eigenvalue weighted by molar-refractivity contribution is -0.141. The smallest absolute Gasteiger partial charge is 0.433 e. The average molecular weight is 474 g/mol. The third-order valence-corrected chi connectivity index (χ3v) is 6.66. The highest BCUT2D eigenvalue weighted by Crippen LogP contribution is 2.38. The highest BCUT2D eigenvalue weighted by atomic mass is 32.2. The number of rotatable bonds is 6. The summed E-state index contributed by atoms with van der Waals surface area (Å²) in [5.74, 6) is -1.11. The quantitative estimate of drug-likeness (QED) is 0.274. The van der Waals surface area contributed by atoms with Crippen LogP contribution < -0.4 is 5.32 Å². The van der Waals surface area contributed by atoms with E-state index in [0.29, 0.717) is 10.6 Å². The number of carbonyl (C=O) groups excluding carboxylic acids is 2. The minimum Gasteiger partial charge on any atom is -0.462 e. The van der Waals surface area contributed by atoms with Gasteiger partial charge < -0.3 is 10.1 Å². The van der Waals surface area contributed by atoms with Crippen molar-refractivity contribution in [1.29, 1.82) is 0 Å². The van der Waals surface area contributed by atoms with Crippen LogP contribution in [0.3, 0.4) is 0 Å². The number of amides is 1. The number of thioether (sulfide) groups is 1. The molecule has 11 heteroatoms. The summed E-state index contributed by atoms with van der Waals surface area (Å²) in [4.78, 5) is 33.6. The number of thiophene rings is 1. The van der Waals surface area contributed by atoms with Crippen molar-refractivity contribution in [1.82, 2.24) is 9.97 Å². The van der Waals surface area contributed by atoms with Crippen LogP contribution in [0.2, 0.25) is 0 Å². The van der Waals surface area contributed by atoms with Gasteiger partial charge in [-0.3, -0.25) is 4.79 Å². The molecule has 31 heavy (non-hydrogen) atoms. The maximum atomic E-state index is 12.9. The van der Waals surface area contributed by atoms with Crippen LogP contribution in [0.5, 0.6) is 0 Å². The minimum absolute atomic E-state index is 0.130. The number of esters is 1. The monoisotopic (exact) mass is 473 g/mol. The number of aryl methyl sites for hydroxylation is 2. The molecule has 2 aromatic heterocycles. The highest BCUT2D eigenvalue weighted by molar-refractivity contribution is 7.99. The number of hydrogen-bond acceptors (Lipinski definition) is 7. The number of nitrogens with zero attached hydrogens (tertiary/aromatic N) is 2. The van der Waals surface area contributed by atoms with Gasteiger partial charge in [0.1, 0.15) is 10.7 Å². The highest BCUT2D eigenvalue weighted by Gasteiger charge is 2.33. The Labute approximate surface area is 186 Å². The Morgan fingerprint density at radius 3 is 2.68 bits per heavy atom. The fraction of sp³-hybridized carbons (Fsp3) is 0.500. The number of ether oxygens (including phenoxy) is 1. The lowest BCUT2D eigenvalue weighted by Gasteiger charge is -2.09. The summed E-state index contributed by atoms with van der Waals surface area (Å²) in [5, 5.41) is 3.04. The predicted molar refractivity (Wildman–Crippen MR) is 113 cm³/mol. The zero-order valence-corrected chi connectivity index (χ0v) is 18.7. The van der Waals surface area contributed by atoms with Crippen molar-refractivity contribution in [2.75, 3.05) is 17.7 Å². The second-order valence-corrected chi connectivity index (χ2v) is 9.05. The first kappa shape index (κ1) is 23.5. The van der Waals surface area contributed by atoms with E-state index in [4.69, 9.17) is 4.74 Å². The van der Waals surface area contributed by atoms with Crippen molar-refractivity contribution in [3.05, 3.63) is 33.5 Å². The number of nitrogens with one attached hydrogen (secondary N) is 1. The van der Waals surface area contributed by atoms with Crippen LogP contribution in [0.1, 0.15) is 58.4 Å². The number of anilines is 1. The van der Waals surface area contributed by atoms with Crippen molar-refractivity contribution >= 4 is 40.0 Å². The van der Waals surface area contributed by atoms with Crippen LogP contribution in [0.4, 0.5) is 18.2 Å². The van der Waals surface area contributed by atoms with E-state index in [1.54, 1.807) is 6.92 Å². The van der Waals surface area contributed by atoms with Crippen molar-refractivity contribution < 1.29 is 27.5 Å². The van der Waals surface area contributed by atoms with E-state index in [2.05, 4.69) is 15.3 Å². The Kier molecular flexibility index (Phi) is 7.58. The largest absolute Gasteiger partial charge is 0.462 e. The van der Waals surface area contributed by atoms with E-state index in [9.17, 15) is 22.8 Å². The molecule has 0 fully saturated rings. The fourth-order valence-electron chi connectivity index (χ4n) is 3.29. The Balaban J connectivity index is 1.75. The van der Waals surface area contributed by atoms with Gasteiger partial charge in [-0.25, -0.2) is 14.8 Å². The van der Waals surface area contributed by atoms with E-state index in [0.717, 1.165) is 60.4 Å².